The van der Waals surface area contributed by atoms with Gasteiger partial charge in [-0.3, -0.25) is 4.79 Å². The van der Waals surface area contributed by atoms with Crippen LogP contribution in [0.5, 0.6) is 5.75 Å². The second-order valence-corrected chi connectivity index (χ2v) is 5.45. The van der Waals surface area contributed by atoms with Crippen molar-refractivity contribution in [1.29, 1.82) is 0 Å². The predicted molar refractivity (Wildman–Crippen MR) is 68.0 cm³/mol. The number of hydrogen-bond donors (Lipinski definition) is 1. The van der Waals surface area contributed by atoms with Crippen molar-refractivity contribution in [3.05, 3.63) is 23.8 Å². The van der Waals surface area contributed by atoms with E-state index in [1.54, 1.807) is 19.1 Å². The largest absolute Gasteiger partial charge is 0.495 e. The number of primary sulfonamides is 1. The van der Waals surface area contributed by atoms with E-state index in [-0.39, 0.29) is 16.4 Å². The average molecular weight is 271 g/mol. The summed E-state index contributed by atoms with van der Waals surface area (Å²) in [5.74, 6) is 0.353. The molecule has 0 amide bonds. The lowest BCUT2D eigenvalue weighted by Gasteiger charge is -2.08. The fourth-order valence-corrected chi connectivity index (χ4v) is 2.31. The molecule has 0 fully saturated rings. The number of nitrogens with two attached hydrogens (primary N) is 1. The lowest BCUT2D eigenvalue weighted by Crippen LogP contribution is -2.14. The maximum absolute atomic E-state index is 11.4. The van der Waals surface area contributed by atoms with Crippen molar-refractivity contribution in [2.45, 2.75) is 31.1 Å². The average Bonchev–Trinajstić information content (AvgIpc) is 2.34. The molecular weight excluding hydrogens is 254 g/mol. The fraction of sp³-hybridized carbons (Fsp3) is 0.417. The van der Waals surface area contributed by atoms with Gasteiger partial charge in [-0.1, -0.05) is 13.0 Å². The van der Waals surface area contributed by atoms with Gasteiger partial charge >= 0.3 is 0 Å². The molecule has 0 saturated carbocycles. The Hall–Kier alpha value is -1.40. The number of aryl methyl sites for hydroxylation is 1. The van der Waals surface area contributed by atoms with E-state index in [4.69, 9.17) is 9.88 Å². The predicted octanol–water partition coefficient (Wildman–Crippen LogP) is 1.25. The van der Waals surface area contributed by atoms with Crippen LogP contribution in [-0.4, -0.2) is 21.3 Å². The van der Waals surface area contributed by atoms with Gasteiger partial charge in [0.1, 0.15) is 16.4 Å². The zero-order chi connectivity index (χ0) is 13.8. The van der Waals surface area contributed by atoms with Crippen molar-refractivity contribution in [2.24, 2.45) is 5.14 Å². The molecule has 18 heavy (non-hydrogen) atoms. The first kappa shape index (κ1) is 14.7. The number of carbonyl (C=O) groups excluding carboxylic acids is 1. The van der Waals surface area contributed by atoms with Crippen molar-refractivity contribution < 1.29 is 17.9 Å². The van der Waals surface area contributed by atoms with E-state index in [0.29, 0.717) is 19.3 Å². The summed E-state index contributed by atoms with van der Waals surface area (Å²) in [5, 5.41) is 5.11. The zero-order valence-corrected chi connectivity index (χ0v) is 11.3. The van der Waals surface area contributed by atoms with Gasteiger partial charge in [0.25, 0.3) is 0 Å². The molecule has 1 aromatic rings. The first-order valence-corrected chi connectivity index (χ1v) is 7.14. The highest BCUT2D eigenvalue weighted by atomic mass is 32.2. The minimum absolute atomic E-state index is 0.0496. The number of sulfonamides is 1. The summed E-state index contributed by atoms with van der Waals surface area (Å²) < 4.78 is 27.7. The van der Waals surface area contributed by atoms with Crippen LogP contribution in [0.4, 0.5) is 0 Å². The van der Waals surface area contributed by atoms with Crippen LogP contribution < -0.4 is 9.88 Å². The topological polar surface area (TPSA) is 86.5 Å². The fourth-order valence-electron chi connectivity index (χ4n) is 1.56. The molecule has 0 aromatic heterocycles. The lowest BCUT2D eigenvalue weighted by atomic mass is 10.1. The molecule has 100 valence electrons. The Morgan fingerprint density at radius 1 is 1.39 bits per heavy atom. The van der Waals surface area contributed by atoms with Crippen molar-refractivity contribution in [3.8, 4) is 5.75 Å². The van der Waals surface area contributed by atoms with Gasteiger partial charge in [0.05, 0.1) is 7.11 Å². The van der Waals surface area contributed by atoms with Gasteiger partial charge in [0, 0.05) is 12.8 Å². The quantitative estimate of drug-likeness (QED) is 0.843. The summed E-state index contributed by atoms with van der Waals surface area (Å²) in [6.07, 6.45) is 1.38. The summed E-state index contributed by atoms with van der Waals surface area (Å²) in [5.41, 5.74) is 0.752. The summed E-state index contributed by atoms with van der Waals surface area (Å²) in [4.78, 5) is 11.2. The normalized spacial score (nSPS) is 11.3. The van der Waals surface area contributed by atoms with Gasteiger partial charge in [0.2, 0.25) is 10.0 Å². The lowest BCUT2D eigenvalue weighted by molar-refractivity contribution is -0.118. The smallest absolute Gasteiger partial charge is 0.241 e. The van der Waals surface area contributed by atoms with E-state index in [0.717, 1.165) is 5.56 Å². The van der Waals surface area contributed by atoms with Crippen LogP contribution in [0.1, 0.15) is 25.3 Å². The van der Waals surface area contributed by atoms with Gasteiger partial charge in [-0.25, -0.2) is 13.6 Å². The van der Waals surface area contributed by atoms with Gasteiger partial charge in [-0.2, -0.15) is 0 Å². The van der Waals surface area contributed by atoms with Crippen LogP contribution in [0.2, 0.25) is 0 Å². The minimum Gasteiger partial charge on any atom is -0.495 e. The Morgan fingerprint density at radius 2 is 2.06 bits per heavy atom. The van der Waals surface area contributed by atoms with Gasteiger partial charge < -0.3 is 4.74 Å². The van der Waals surface area contributed by atoms with Gasteiger partial charge in [0.15, 0.2) is 0 Å². The monoisotopic (exact) mass is 271 g/mol. The minimum atomic E-state index is -3.82. The highest BCUT2D eigenvalue weighted by Gasteiger charge is 2.15. The van der Waals surface area contributed by atoms with E-state index in [1.165, 1.54) is 13.2 Å². The van der Waals surface area contributed by atoms with E-state index >= 15 is 0 Å². The number of methoxy groups -OCH3 is 1. The van der Waals surface area contributed by atoms with E-state index in [2.05, 4.69) is 0 Å². The number of ketones is 1. The Morgan fingerprint density at radius 3 is 2.56 bits per heavy atom. The molecule has 0 aliphatic rings. The summed E-state index contributed by atoms with van der Waals surface area (Å²) in [7, 11) is -2.44. The van der Waals surface area contributed by atoms with Gasteiger partial charge in [-0.05, 0) is 24.1 Å². The first-order chi connectivity index (χ1) is 8.38. The number of carbonyl (C=O) groups is 1. The third kappa shape index (κ3) is 3.82. The highest BCUT2D eigenvalue weighted by molar-refractivity contribution is 7.89. The van der Waals surface area contributed by atoms with Crippen LogP contribution in [-0.2, 0) is 21.2 Å². The van der Waals surface area contributed by atoms with Crippen LogP contribution in [0.25, 0.3) is 0 Å². The molecule has 0 aliphatic carbocycles. The molecular formula is C12H17NO4S. The van der Waals surface area contributed by atoms with Crippen molar-refractivity contribution in [2.75, 3.05) is 7.11 Å². The molecule has 0 aliphatic heterocycles. The second kappa shape index (κ2) is 5.97. The van der Waals surface area contributed by atoms with Crippen molar-refractivity contribution >= 4 is 15.8 Å². The van der Waals surface area contributed by atoms with Crippen molar-refractivity contribution in [1.82, 2.24) is 0 Å². The van der Waals surface area contributed by atoms with Crippen LogP contribution in [0.15, 0.2) is 23.1 Å². The summed E-state index contributed by atoms with van der Waals surface area (Å²) in [6.45, 7) is 1.80. The molecule has 2 N–H and O–H groups in total. The highest BCUT2D eigenvalue weighted by Crippen LogP contribution is 2.24. The number of hydrogen-bond acceptors (Lipinski definition) is 4. The maximum atomic E-state index is 11.4. The molecule has 6 heteroatoms. The molecule has 0 saturated heterocycles. The Bertz CT molecular complexity index is 537. The second-order valence-electron chi connectivity index (χ2n) is 3.92. The molecule has 1 aromatic carbocycles. The van der Waals surface area contributed by atoms with Crippen LogP contribution in [0.3, 0.4) is 0 Å². The molecule has 0 atom stereocenters. The zero-order valence-electron chi connectivity index (χ0n) is 10.5. The Kier molecular flexibility index (Phi) is 4.86. The molecule has 0 radical (unpaired) electrons. The maximum Gasteiger partial charge on any atom is 0.241 e. The SMILES string of the molecule is CCC(=O)CCc1ccc(OC)c(S(N)(=O)=O)c1. The standard InChI is InChI=1S/C12H17NO4S/c1-3-10(14)6-4-9-5-7-11(17-2)12(8-9)18(13,15)16/h5,7-8H,3-4,6H2,1-2H3,(H2,13,15,16). The van der Waals surface area contributed by atoms with Crippen LogP contribution >= 0.6 is 0 Å². The number of ether oxygens (including phenoxy) is 1. The molecule has 1 rings (SSSR count). The number of Topliss-reactive ketones (excluding diaryl/α,β-unsaturated/α-hetero) is 1. The third-order valence-corrected chi connectivity index (χ3v) is 3.55. The third-order valence-electron chi connectivity index (χ3n) is 2.62. The molecule has 0 spiro atoms. The van der Waals surface area contributed by atoms with E-state index in [1.807, 2.05) is 0 Å². The van der Waals surface area contributed by atoms with Crippen molar-refractivity contribution in [3.63, 3.8) is 0 Å². The molecule has 0 heterocycles. The van der Waals surface area contributed by atoms with Crippen LogP contribution in [0, 0.1) is 0 Å². The van der Waals surface area contributed by atoms with E-state index < -0.39 is 10.0 Å². The van der Waals surface area contributed by atoms with E-state index in [9.17, 15) is 13.2 Å². The summed E-state index contributed by atoms with van der Waals surface area (Å²) in [6, 6.07) is 4.74. The van der Waals surface area contributed by atoms with Gasteiger partial charge in [-0.15, -0.1) is 0 Å². The first-order valence-electron chi connectivity index (χ1n) is 5.60. The number of benzene rings is 1. The summed E-state index contributed by atoms with van der Waals surface area (Å²) >= 11 is 0. The number of rotatable bonds is 6. The Labute approximate surface area is 107 Å². The molecule has 0 unspecified atom stereocenters. The Balaban J connectivity index is 3.00. The molecule has 0 bridgehead atoms. The molecule has 5 nitrogen and oxygen atoms in total.